The lowest BCUT2D eigenvalue weighted by molar-refractivity contribution is -0.167. The summed E-state index contributed by atoms with van der Waals surface area (Å²) in [5, 5.41) is 0. The van der Waals surface area contributed by atoms with Gasteiger partial charge in [-0.25, -0.2) is 0 Å². The summed E-state index contributed by atoms with van der Waals surface area (Å²) in [6.07, 6.45) is 49.4. The number of ether oxygens (including phenoxy) is 3. The average Bonchev–Trinajstić information content (AvgIpc) is 3.22. The zero-order chi connectivity index (χ0) is 43.1. The molecular weight excluding hydrogens is 733 g/mol. The van der Waals surface area contributed by atoms with Gasteiger partial charge in [-0.05, 0) is 25.2 Å². The van der Waals surface area contributed by atoms with Crippen LogP contribution in [0.2, 0.25) is 0 Å². The molecule has 0 spiro atoms. The Labute approximate surface area is 368 Å². The first kappa shape index (κ1) is 57.4. The van der Waals surface area contributed by atoms with E-state index >= 15 is 0 Å². The molecule has 0 bridgehead atoms. The Morgan fingerprint density at radius 1 is 0.322 bits per heavy atom. The van der Waals surface area contributed by atoms with Crippen LogP contribution in [-0.2, 0) is 28.6 Å². The van der Waals surface area contributed by atoms with Crippen LogP contribution in [0.25, 0.3) is 0 Å². The maximum Gasteiger partial charge on any atom is 0.306 e. The zero-order valence-electron chi connectivity index (χ0n) is 40.2. The van der Waals surface area contributed by atoms with Gasteiger partial charge in [0.15, 0.2) is 6.10 Å². The molecule has 6 nitrogen and oxygen atoms in total. The molecule has 0 amide bonds. The minimum Gasteiger partial charge on any atom is -0.462 e. The quantitative estimate of drug-likeness (QED) is 0.0345. The van der Waals surface area contributed by atoms with Crippen molar-refractivity contribution in [2.24, 2.45) is 5.92 Å². The van der Waals surface area contributed by atoms with E-state index in [9.17, 15) is 14.4 Å². The highest BCUT2D eigenvalue weighted by Gasteiger charge is 2.19. The highest BCUT2D eigenvalue weighted by molar-refractivity contribution is 5.71. The summed E-state index contributed by atoms with van der Waals surface area (Å²) in [4.78, 5) is 37.9. The molecule has 0 aromatic heterocycles. The van der Waals surface area contributed by atoms with Crippen molar-refractivity contribution in [2.45, 2.75) is 303 Å². The van der Waals surface area contributed by atoms with Gasteiger partial charge in [-0.1, -0.05) is 259 Å². The highest BCUT2D eigenvalue weighted by Crippen LogP contribution is 2.17. The van der Waals surface area contributed by atoms with Gasteiger partial charge in [0.1, 0.15) is 13.2 Å². The Bertz CT molecular complexity index is 887. The van der Waals surface area contributed by atoms with Crippen molar-refractivity contribution in [1.29, 1.82) is 0 Å². The molecule has 0 aliphatic carbocycles. The fourth-order valence-electron chi connectivity index (χ4n) is 8.04. The number of rotatable bonds is 48. The molecule has 0 aliphatic heterocycles. The van der Waals surface area contributed by atoms with Crippen molar-refractivity contribution in [1.82, 2.24) is 0 Å². The molecule has 6 heteroatoms. The van der Waals surface area contributed by atoms with E-state index in [-0.39, 0.29) is 31.1 Å². The smallest absolute Gasteiger partial charge is 0.306 e. The third kappa shape index (κ3) is 47.3. The number of esters is 3. The molecule has 0 saturated heterocycles. The van der Waals surface area contributed by atoms with Crippen LogP contribution in [0.4, 0.5) is 0 Å². The fraction of sp³-hybridized carbons (Fsp3) is 0.943. The first-order valence-electron chi connectivity index (χ1n) is 26.4. The molecule has 0 unspecified atom stereocenters. The lowest BCUT2D eigenvalue weighted by atomic mass is 10.0. The van der Waals surface area contributed by atoms with Crippen LogP contribution in [0.3, 0.4) is 0 Å². The summed E-state index contributed by atoms with van der Waals surface area (Å²) in [7, 11) is 0. The summed E-state index contributed by atoms with van der Waals surface area (Å²) in [5.74, 6) is -0.0248. The molecule has 0 fully saturated rings. The van der Waals surface area contributed by atoms with Gasteiger partial charge in [0.2, 0.25) is 0 Å². The van der Waals surface area contributed by atoms with E-state index in [1.54, 1.807) is 0 Å². The van der Waals surface area contributed by atoms with Crippen molar-refractivity contribution in [2.75, 3.05) is 13.2 Å². The molecule has 1 atom stereocenters. The van der Waals surface area contributed by atoms with Gasteiger partial charge in [0.25, 0.3) is 0 Å². The number of hydrogen-bond acceptors (Lipinski definition) is 6. The van der Waals surface area contributed by atoms with E-state index in [1.165, 1.54) is 193 Å². The minimum atomic E-state index is -0.760. The standard InChI is InChI=1S/C53H102O6/c1-5-7-9-11-13-15-17-19-20-21-22-24-28-32-36-40-44-51(54)57-47-50(59-53(56)46-42-38-34-30-23-18-16-14-12-10-8-6-2)48-58-52(55)45-41-37-33-29-26-25-27-31-35-39-43-49(3)4/h49-50H,5-48H2,1-4H3/t50-/m1/s1. The van der Waals surface area contributed by atoms with E-state index in [0.29, 0.717) is 19.3 Å². The summed E-state index contributed by atoms with van der Waals surface area (Å²) < 4.78 is 16.8. The van der Waals surface area contributed by atoms with Crippen LogP contribution in [0.5, 0.6) is 0 Å². The first-order valence-corrected chi connectivity index (χ1v) is 26.4. The molecule has 0 aliphatic rings. The Morgan fingerprint density at radius 3 is 0.831 bits per heavy atom. The molecule has 0 rings (SSSR count). The minimum absolute atomic E-state index is 0.0626. The second-order valence-corrected chi connectivity index (χ2v) is 18.6. The highest BCUT2D eigenvalue weighted by atomic mass is 16.6. The predicted molar refractivity (Wildman–Crippen MR) is 252 cm³/mol. The van der Waals surface area contributed by atoms with E-state index in [4.69, 9.17) is 14.2 Å². The third-order valence-electron chi connectivity index (χ3n) is 12.0. The Kier molecular flexibility index (Phi) is 46.2. The van der Waals surface area contributed by atoms with E-state index < -0.39 is 6.10 Å². The van der Waals surface area contributed by atoms with Crippen molar-refractivity contribution in [3.05, 3.63) is 0 Å². The Hall–Kier alpha value is -1.59. The topological polar surface area (TPSA) is 78.9 Å². The maximum atomic E-state index is 12.8. The Morgan fingerprint density at radius 2 is 0.559 bits per heavy atom. The normalized spacial score (nSPS) is 11.9. The van der Waals surface area contributed by atoms with Crippen LogP contribution < -0.4 is 0 Å². The van der Waals surface area contributed by atoms with E-state index in [2.05, 4.69) is 27.7 Å². The van der Waals surface area contributed by atoms with Gasteiger partial charge >= 0.3 is 17.9 Å². The largest absolute Gasteiger partial charge is 0.462 e. The summed E-state index contributed by atoms with van der Waals surface area (Å²) in [6.45, 7) is 9.02. The van der Waals surface area contributed by atoms with Crippen LogP contribution in [0.1, 0.15) is 297 Å². The molecule has 59 heavy (non-hydrogen) atoms. The lowest BCUT2D eigenvalue weighted by Gasteiger charge is -2.18. The summed E-state index contributed by atoms with van der Waals surface area (Å²) in [6, 6.07) is 0. The van der Waals surface area contributed by atoms with E-state index in [0.717, 1.165) is 63.7 Å². The molecule has 0 aromatic carbocycles. The van der Waals surface area contributed by atoms with Crippen molar-refractivity contribution < 1.29 is 28.6 Å². The fourth-order valence-corrected chi connectivity index (χ4v) is 8.04. The number of hydrogen-bond donors (Lipinski definition) is 0. The maximum absolute atomic E-state index is 12.8. The second kappa shape index (κ2) is 47.5. The lowest BCUT2D eigenvalue weighted by Crippen LogP contribution is -2.30. The zero-order valence-corrected chi connectivity index (χ0v) is 40.2. The van der Waals surface area contributed by atoms with Crippen molar-refractivity contribution in [3.8, 4) is 0 Å². The number of carbonyl (C=O) groups is 3. The van der Waals surface area contributed by atoms with Gasteiger partial charge in [-0.3, -0.25) is 14.4 Å². The van der Waals surface area contributed by atoms with E-state index in [1.807, 2.05) is 0 Å². The monoisotopic (exact) mass is 835 g/mol. The van der Waals surface area contributed by atoms with Crippen LogP contribution in [0, 0.1) is 5.92 Å². The molecular formula is C53H102O6. The first-order chi connectivity index (χ1) is 28.9. The van der Waals surface area contributed by atoms with Gasteiger partial charge in [0.05, 0.1) is 0 Å². The van der Waals surface area contributed by atoms with Gasteiger partial charge < -0.3 is 14.2 Å². The van der Waals surface area contributed by atoms with Crippen molar-refractivity contribution >= 4 is 17.9 Å². The molecule has 0 heterocycles. The molecule has 0 aromatic rings. The van der Waals surface area contributed by atoms with Crippen LogP contribution in [0.15, 0.2) is 0 Å². The average molecular weight is 835 g/mol. The number of carbonyl (C=O) groups excluding carboxylic acids is 3. The van der Waals surface area contributed by atoms with Gasteiger partial charge in [-0.15, -0.1) is 0 Å². The SMILES string of the molecule is CCCCCCCCCCCCCCCCCCC(=O)OC[C@H](COC(=O)CCCCCCCCCCCCC(C)C)OC(=O)CCCCCCCCCCCCCC. The molecule has 0 saturated carbocycles. The Balaban J connectivity index is 4.29. The third-order valence-corrected chi connectivity index (χ3v) is 12.0. The van der Waals surface area contributed by atoms with Gasteiger partial charge in [-0.2, -0.15) is 0 Å². The summed E-state index contributed by atoms with van der Waals surface area (Å²) in [5.41, 5.74) is 0. The van der Waals surface area contributed by atoms with Crippen LogP contribution >= 0.6 is 0 Å². The predicted octanol–water partition coefficient (Wildman–Crippen LogP) is 17.1. The van der Waals surface area contributed by atoms with Gasteiger partial charge in [0, 0.05) is 19.3 Å². The van der Waals surface area contributed by atoms with Crippen molar-refractivity contribution in [3.63, 3.8) is 0 Å². The van der Waals surface area contributed by atoms with Crippen LogP contribution in [-0.4, -0.2) is 37.2 Å². The molecule has 350 valence electrons. The second-order valence-electron chi connectivity index (χ2n) is 18.6. The molecule has 0 N–H and O–H groups in total. The number of unbranched alkanes of at least 4 members (excludes halogenated alkanes) is 35. The summed E-state index contributed by atoms with van der Waals surface area (Å²) >= 11 is 0. The molecule has 0 radical (unpaired) electrons.